The van der Waals surface area contributed by atoms with Crippen LogP contribution in [0.15, 0.2) is 0 Å². The van der Waals surface area contributed by atoms with E-state index in [9.17, 15) is 4.79 Å². The first-order chi connectivity index (χ1) is 7.61. The molecule has 3 atom stereocenters. The molecule has 0 heterocycles. The van der Waals surface area contributed by atoms with E-state index in [0.717, 1.165) is 19.3 Å². The zero-order valence-corrected chi connectivity index (χ0v) is 10.4. The lowest BCUT2D eigenvalue weighted by molar-refractivity contribution is -0.139. The molecule has 4 nitrogen and oxygen atoms in total. The van der Waals surface area contributed by atoms with Gasteiger partial charge in [-0.3, -0.25) is 4.79 Å². The molecule has 0 aromatic carbocycles. The van der Waals surface area contributed by atoms with E-state index >= 15 is 0 Å². The third kappa shape index (κ3) is 2.95. The number of carbonyl (C=O) groups excluding carboxylic acids is 1. The number of likely N-dealkylation sites (N-methyl/N-ethyl adjacent to an activating group) is 1. The van der Waals surface area contributed by atoms with E-state index in [-0.39, 0.29) is 24.5 Å². The molecule has 94 valence electrons. The van der Waals surface area contributed by atoms with Crippen LogP contribution in [-0.4, -0.2) is 42.2 Å². The van der Waals surface area contributed by atoms with E-state index in [1.807, 2.05) is 6.92 Å². The van der Waals surface area contributed by atoms with Crippen LogP contribution in [0.3, 0.4) is 0 Å². The van der Waals surface area contributed by atoms with Crippen molar-refractivity contribution in [1.29, 1.82) is 0 Å². The van der Waals surface area contributed by atoms with Gasteiger partial charge in [-0.25, -0.2) is 0 Å². The fourth-order valence-corrected chi connectivity index (χ4v) is 2.42. The molecule has 0 radical (unpaired) electrons. The van der Waals surface area contributed by atoms with E-state index in [0.29, 0.717) is 12.5 Å². The molecule has 0 spiro atoms. The Morgan fingerprint density at radius 1 is 1.50 bits per heavy atom. The van der Waals surface area contributed by atoms with Crippen molar-refractivity contribution in [3.8, 4) is 0 Å². The molecule has 16 heavy (non-hydrogen) atoms. The molecule has 0 aromatic heterocycles. The zero-order chi connectivity index (χ0) is 12.1. The van der Waals surface area contributed by atoms with Crippen LogP contribution in [0.5, 0.6) is 0 Å². The van der Waals surface area contributed by atoms with Gasteiger partial charge < -0.3 is 15.7 Å². The summed E-state index contributed by atoms with van der Waals surface area (Å²) < 4.78 is 0. The van der Waals surface area contributed by atoms with Gasteiger partial charge in [0.2, 0.25) is 5.91 Å². The predicted octanol–water partition coefficient (Wildman–Crippen LogP) is 0.591. The van der Waals surface area contributed by atoms with Crippen molar-refractivity contribution < 1.29 is 9.90 Å². The lowest BCUT2D eigenvalue weighted by Crippen LogP contribution is -2.45. The summed E-state index contributed by atoms with van der Waals surface area (Å²) in [6.45, 7) is 2.47. The summed E-state index contributed by atoms with van der Waals surface area (Å²) in [7, 11) is 1.77. The summed E-state index contributed by atoms with van der Waals surface area (Å²) in [5.74, 6) is 0.545. The molecular weight excluding hydrogens is 204 g/mol. The van der Waals surface area contributed by atoms with Gasteiger partial charge in [-0.05, 0) is 32.2 Å². The minimum Gasteiger partial charge on any atom is -0.394 e. The maximum absolute atomic E-state index is 12.2. The quantitative estimate of drug-likeness (QED) is 0.740. The Hall–Kier alpha value is -0.610. The second kappa shape index (κ2) is 6.21. The molecule has 1 aliphatic rings. The van der Waals surface area contributed by atoms with E-state index in [1.165, 1.54) is 6.42 Å². The van der Waals surface area contributed by atoms with E-state index < -0.39 is 0 Å². The predicted molar refractivity (Wildman–Crippen MR) is 63.8 cm³/mol. The summed E-state index contributed by atoms with van der Waals surface area (Å²) in [5.41, 5.74) is 5.72. The minimum absolute atomic E-state index is 0.0161. The van der Waals surface area contributed by atoms with Gasteiger partial charge >= 0.3 is 0 Å². The van der Waals surface area contributed by atoms with Gasteiger partial charge in [-0.15, -0.1) is 0 Å². The lowest BCUT2D eigenvalue weighted by atomic mass is 9.78. The number of aliphatic hydroxyl groups excluding tert-OH is 1. The summed E-state index contributed by atoms with van der Waals surface area (Å²) in [4.78, 5) is 13.9. The summed E-state index contributed by atoms with van der Waals surface area (Å²) in [5, 5.41) is 9.06. The minimum atomic E-state index is -0.104. The molecule has 1 saturated carbocycles. The highest BCUT2D eigenvalue weighted by Gasteiger charge is 2.32. The third-order valence-electron chi connectivity index (χ3n) is 3.80. The molecule has 1 fully saturated rings. The first-order valence-corrected chi connectivity index (χ1v) is 6.19. The largest absolute Gasteiger partial charge is 0.394 e. The second-order valence-electron chi connectivity index (χ2n) is 4.87. The fourth-order valence-electron chi connectivity index (χ4n) is 2.42. The molecule has 1 rings (SSSR count). The van der Waals surface area contributed by atoms with Crippen LogP contribution in [-0.2, 0) is 4.79 Å². The van der Waals surface area contributed by atoms with Crippen LogP contribution >= 0.6 is 0 Å². The average Bonchev–Trinajstić information content (AvgIpc) is 2.35. The summed E-state index contributed by atoms with van der Waals surface area (Å²) in [6.07, 6.45) is 4.32. The highest BCUT2D eigenvalue weighted by Crippen LogP contribution is 2.30. The maximum atomic E-state index is 12.2. The van der Waals surface area contributed by atoms with Crippen molar-refractivity contribution in [1.82, 2.24) is 4.90 Å². The van der Waals surface area contributed by atoms with E-state index in [2.05, 4.69) is 0 Å². The van der Waals surface area contributed by atoms with Crippen LogP contribution in [0.2, 0.25) is 0 Å². The van der Waals surface area contributed by atoms with Crippen LogP contribution in [0, 0.1) is 11.8 Å². The number of amides is 1. The monoisotopic (exact) mass is 228 g/mol. The first-order valence-electron chi connectivity index (χ1n) is 6.19. The molecule has 1 aliphatic carbocycles. The standard InChI is InChI=1S/C12H24N2O2/c1-9(8-15)14(2)12(16)11-6-4-3-5-10(11)7-13/h9-11,15H,3-8,13H2,1-2H3. The Labute approximate surface area is 97.8 Å². The van der Waals surface area contributed by atoms with Crippen LogP contribution in [0.1, 0.15) is 32.6 Å². The smallest absolute Gasteiger partial charge is 0.226 e. The molecular formula is C12H24N2O2. The van der Waals surface area contributed by atoms with Crippen molar-refractivity contribution in [2.75, 3.05) is 20.2 Å². The molecule has 0 aliphatic heterocycles. The Morgan fingerprint density at radius 3 is 2.69 bits per heavy atom. The van der Waals surface area contributed by atoms with Crippen molar-refractivity contribution in [3.63, 3.8) is 0 Å². The van der Waals surface area contributed by atoms with Gasteiger partial charge in [0.25, 0.3) is 0 Å². The Morgan fingerprint density at radius 2 is 2.12 bits per heavy atom. The number of aliphatic hydroxyl groups is 1. The van der Waals surface area contributed by atoms with Gasteiger partial charge in [-0.1, -0.05) is 12.8 Å². The van der Waals surface area contributed by atoms with Gasteiger partial charge in [0, 0.05) is 13.0 Å². The van der Waals surface area contributed by atoms with Crippen molar-refractivity contribution in [2.24, 2.45) is 17.6 Å². The second-order valence-corrected chi connectivity index (χ2v) is 4.87. The van der Waals surface area contributed by atoms with E-state index in [1.54, 1.807) is 11.9 Å². The Balaban J connectivity index is 2.63. The highest BCUT2D eigenvalue weighted by molar-refractivity contribution is 5.79. The molecule has 3 unspecified atom stereocenters. The van der Waals surface area contributed by atoms with Gasteiger partial charge in [0.1, 0.15) is 0 Å². The lowest BCUT2D eigenvalue weighted by Gasteiger charge is -2.34. The number of carbonyl (C=O) groups is 1. The molecule has 0 bridgehead atoms. The van der Waals surface area contributed by atoms with Crippen molar-refractivity contribution in [3.05, 3.63) is 0 Å². The molecule has 0 aromatic rings. The van der Waals surface area contributed by atoms with E-state index in [4.69, 9.17) is 10.8 Å². The van der Waals surface area contributed by atoms with Gasteiger partial charge in [0.15, 0.2) is 0 Å². The number of nitrogens with two attached hydrogens (primary N) is 1. The molecule has 0 saturated heterocycles. The number of rotatable bonds is 4. The van der Waals surface area contributed by atoms with Crippen molar-refractivity contribution >= 4 is 5.91 Å². The zero-order valence-electron chi connectivity index (χ0n) is 10.4. The van der Waals surface area contributed by atoms with Crippen molar-refractivity contribution in [2.45, 2.75) is 38.6 Å². The number of hydrogen-bond donors (Lipinski definition) is 2. The van der Waals surface area contributed by atoms with Crippen LogP contribution in [0.4, 0.5) is 0 Å². The average molecular weight is 228 g/mol. The van der Waals surface area contributed by atoms with Gasteiger partial charge in [-0.2, -0.15) is 0 Å². The molecule has 1 amide bonds. The molecule has 4 heteroatoms. The fraction of sp³-hybridized carbons (Fsp3) is 0.917. The Bertz CT molecular complexity index is 233. The topological polar surface area (TPSA) is 66.6 Å². The number of hydrogen-bond acceptors (Lipinski definition) is 3. The molecule has 3 N–H and O–H groups in total. The summed E-state index contributed by atoms with van der Waals surface area (Å²) >= 11 is 0. The summed E-state index contributed by atoms with van der Waals surface area (Å²) in [6, 6.07) is -0.104. The first kappa shape index (κ1) is 13.5. The van der Waals surface area contributed by atoms with Gasteiger partial charge in [0.05, 0.1) is 12.6 Å². The highest BCUT2D eigenvalue weighted by atomic mass is 16.3. The van der Waals surface area contributed by atoms with Crippen LogP contribution in [0.25, 0.3) is 0 Å². The number of nitrogens with zero attached hydrogens (tertiary/aromatic N) is 1. The normalized spacial score (nSPS) is 27.5. The SMILES string of the molecule is CC(CO)N(C)C(=O)C1CCCCC1CN. The third-order valence-corrected chi connectivity index (χ3v) is 3.80. The maximum Gasteiger partial charge on any atom is 0.226 e. The Kier molecular flexibility index (Phi) is 5.22. The van der Waals surface area contributed by atoms with Crippen LogP contribution < -0.4 is 5.73 Å².